The third-order valence-corrected chi connectivity index (χ3v) is 3.10. The van der Waals surface area contributed by atoms with Gasteiger partial charge in [0.1, 0.15) is 5.82 Å². The van der Waals surface area contributed by atoms with Crippen LogP contribution in [0.5, 0.6) is 0 Å². The van der Waals surface area contributed by atoms with Gasteiger partial charge in [0.2, 0.25) is 12.3 Å². The molecule has 14 heavy (non-hydrogen) atoms. The topological polar surface area (TPSA) is 38.9 Å². The van der Waals surface area contributed by atoms with Gasteiger partial charge >= 0.3 is 0 Å². The van der Waals surface area contributed by atoms with Gasteiger partial charge in [-0.3, -0.25) is 0 Å². The Morgan fingerprint density at radius 1 is 1.43 bits per heavy atom. The second-order valence-corrected chi connectivity index (χ2v) is 4.51. The molecule has 0 fully saturated rings. The first-order valence-electron chi connectivity index (χ1n) is 3.59. The SMILES string of the molecule is Fc1cc(I)c(-c2nnco2)cc1Br. The fourth-order valence-corrected chi connectivity index (χ4v) is 1.98. The summed E-state index contributed by atoms with van der Waals surface area (Å²) < 4.78 is 19.2. The molecule has 0 radical (unpaired) electrons. The molecule has 1 aromatic heterocycles. The minimum absolute atomic E-state index is 0.308. The minimum Gasteiger partial charge on any atom is -0.423 e. The molecule has 0 aliphatic heterocycles. The quantitative estimate of drug-likeness (QED) is 0.573. The Kier molecular flexibility index (Phi) is 2.82. The molecule has 0 saturated heterocycles. The summed E-state index contributed by atoms with van der Waals surface area (Å²) in [7, 11) is 0. The number of halogens is 3. The van der Waals surface area contributed by atoms with Crippen molar-refractivity contribution >= 4 is 38.5 Å². The van der Waals surface area contributed by atoms with Crippen LogP contribution in [0.3, 0.4) is 0 Å². The summed E-state index contributed by atoms with van der Waals surface area (Å²) >= 11 is 5.11. The molecule has 1 heterocycles. The van der Waals surface area contributed by atoms with Crippen molar-refractivity contribution in [2.45, 2.75) is 0 Å². The van der Waals surface area contributed by atoms with Crippen LogP contribution < -0.4 is 0 Å². The Hall–Kier alpha value is -0.500. The average molecular weight is 369 g/mol. The summed E-state index contributed by atoms with van der Waals surface area (Å²) in [6.07, 6.45) is 1.24. The molecular formula is C8H3BrFIN2O. The van der Waals surface area contributed by atoms with Gasteiger partial charge < -0.3 is 4.42 Å². The fourth-order valence-electron chi connectivity index (χ4n) is 0.977. The maximum Gasteiger partial charge on any atom is 0.248 e. The summed E-state index contributed by atoms with van der Waals surface area (Å²) in [6.45, 7) is 0. The number of benzene rings is 1. The highest BCUT2D eigenvalue weighted by Crippen LogP contribution is 2.28. The van der Waals surface area contributed by atoms with E-state index in [1.807, 2.05) is 22.6 Å². The van der Waals surface area contributed by atoms with Gasteiger partial charge in [-0.05, 0) is 50.7 Å². The third-order valence-electron chi connectivity index (χ3n) is 1.60. The van der Waals surface area contributed by atoms with Gasteiger partial charge in [-0.2, -0.15) is 0 Å². The van der Waals surface area contributed by atoms with Crippen molar-refractivity contribution in [3.63, 3.8) is 0 Å². The number of rotatable bonds is 1. The largest absolute Gasteiger partial charge is 0.423 e. The molecule has 2 aromatic rings. The molecule has 0 atom stereocenters. The molecular weight excluding hydrogens is 366 g/mol. The average Bonchev–Trinajstić information content (AvgIpc) is 2.64. The van der Waals surface area contributed by atoms with Gasteiger partial charge in [0.05, 0.1) is 10.0 Å². The fraction of sp³-hybridized carbons (Fsp3) is 0. The van der Waals surface area contributed by atoms with E-state index in [2.05, 4.69) is 26.1 Å². The van der Waals surface area contributed by atoms with E-state index in [0.717, 1.165) is 9.13 Å². The number of hydrogen-bond acceptors (Lipinski definition) is 3. The van der Waals surface area contributed by atoms with Crippen LogP contribution in [0.25, 0.3) is 11.5 Å². The summed E-state index contributed by atoms with van der Waals surface area (Å²) in [6, 6.07) is 3.02. The maximum atomic E-state index is 13.1. The Morgan fingerprint density at radius 2 is 2.21 bits per heavy atom. The molecule has 0 aliphatic carbocycles. The zero-order valence-electron chi connectivity index (χ0n) is 6.67. The molecule has 0 saturated carbocycles. The van der Waals surface area contributed by atoms with E-state index < -0.39 is 0 Å². The van der Waals surface area contributed by atoms with Crippen LogP contribution in [0.2, 0.25) is 0 Å². The molecule has 0 unspecified atom stereocenters. The van der Waals surface area contributed by atoms with Crippen molar-refractivity contribution in [1.29, 1.82) is 0 Å². The van der Waals surface area contributed by atoms with Gasteiger partial charge in [0, 0.05) is 3.57 Å². The highest BCUT2D eigenvalue weighted by molar-refractivity contribution is 14.1. The van der Waals surface area contributed by atoms with Crippen molar-refractivity contribution in [3.05, 3.63) is 32.4 Å². The predicted molar refractivity (Wildman–Crippen MR) is 60.1 cm³/mol. The van der Waals surface area contributed by atoms with Crippen LogP contribution in [-0.2, 0) is 0 Å². The van der Waals surface area contributed by atoms with E-state index in [9.17, 15) is 4.39 Å². The molecule has 6 heteroatoms. The Bertz CT molecular complexity index is 461. The van der Waals surface area contributed by atoms with E-state index in [0.29, 0.717) is 10.4 Å². The molecule has 2 rings (SSSR count). The van der Waals surface area contributed by atoms with E-state index in [1.54, 1.807) is 6.07 Å². The molecule has 0 spiro atoms. The lowest BCUT2D eigenvalue weighted by molar-refractivity contribution is 0.567. The zero-order chi connectivity index (χ0) is 10.1. The standard InChI is InChI=1S/C8H3BrFIN2O/c9-5-1-4(7(11)2-6(5)10)8-13-12-3-14-8/h1-3H. The Balaban J connectivity index is 2.60. The Morgan fingerprint density at radius 3 is 2.86 bits per heavy atom. The maximum absolute atomic E-state index is 13.1. The molecule has 3 nitrogen and oxygen atoms in total. The number of hydrogen-bond donors (Lipinski definition) is 0. The van der Waals surface area contributed by atoms with Gasteiger partial charge in [-0.15, -0.1) is 10.2 Å². The van der Waals surface area contributed by atoms with Crippen molar-refractivity contribution in [3.8, 4) is 11.5 Å². The van der Waals surface area contributed by atoms with Gasteiger partial charge in [-0.1, -0.05) is 0 Å². The van der Waals surface area contributed by atoms with E-state index in [4.69, 9.17) is 4.42 Å². The van der Waals surface area contributed by atoms with Crippen molar-refractivity contribution in [1.82, 2.24) is 10.2 Å². The van der Waals surface area contributed by atoms with Crippen LogP contribution in [0.4, 0.5) is 4.39 Å². The summed E-state index contributed by atoms with van der Waals surface area (Å²) in [4.78, 5) is 0. The predicted octanol–water partition coefficient (Wildman–Crippen LogP) is 3.24. The number of nitrogens with zero attached hydrogens (tertiary/aromatic N) is 2. The van der Waals surface area contributed by atoms with E-state index in [1.165, 1.54) is 12.5 Å². The van der Waals surface area contributed by atoms with Gasteiger partial charge in [-0.25, -0.2) is 4.39 Å². The first-order chi connectivity index (χ1) is 6.68. The second kappa shape index (κ2) is 3.93. The molecule has 0 bridgehead atoms. The Labute approximate surface area is 101 Å². The van der Waals surface area contributed by atoms with Crippen molar-refractivity contribution < 1.29 is 8.81 Å². The monoisotopic (exact) mass is 368 g/mol. The van der Waals surface area contributed by atoms with Gasteiger partial charge in [0.25, 0.3) is 0 Å². The normalized spacial score (nSPS) is 10.5. The lowest BCUT2D eigenvalue weighted by atomic mass is 10.2. The molecule has 0 amide bonds. The molecule has 72 valence electrons. The highest BCUT2D eigenvalue weighted by Gasteiger charge is 2.11. The molecule has 1 aromatic carbocycles. The molecule has 0 N–H and O–H groups in total. The lowest BCUT2D eigenvalue weighted by Crippen LogP contribution is -1.87. The summed E-state index contributed by atoms with van der Waals surface area (Å²) in [5, 5.41) is 7.32. The zero-order valence-corrected chi connectivity index (χ0v) is 10.4. The first kappa shape index (κ1) is 10.0. The number of aromatic nitrogens is 2. The smallest absolute Gasteiger partial charge is 0.248 e. The third kappa shape index (κ3) is 1.81. The van der Waals surface area contributed by atoms with Crippen LogP contribution >= 0.6 is 38.5 Å². The summed E-state index contributed by atoms with van der Waals surface area (Å²) in [5.74, 6) is 0.0766. The van der Waals surface area contributed by atoms with Crippen molar-refractivity contribution in [2.24, 2.45) is 0 Å². The van der Waals surface area contributed by atoms with E-state index >= 15 is 0 Å². The second-order valence-electron chi connectivity index (χ2n) is 2.49. The highest BCUT2D eigenvalue weighted by atomic mass is 127. The molecule has 0 aliphatic rings. The van der Waals surface area contributed by atoms with Crippen LogP contribution in [-0.4, -0.2) is 10.2 Å². The van der Waals surface area contributed by atoms with E-state index in [-0.39, 0.29) is 5.82 Å². The van der Waals surface area contributed by atoms with Crippen LogP contribution in [0, 0.1) is 9.39 Å². The lowest BCUT2D eigenvalue weighted by Gasteiger charge is -2.01. The minimum atomic E-state index is -0.308. The van der Waals surface area contributed by atoms with Crippen LogP contribution in [0.15, 0.2) is 27.4 Å². The summed E-state index contributed by atoms with van der Waals surface area (Å²) in [5.41, 5.74) is 0.719. The van der Waals surface area contributed by atoms with Crippen molar-refractivity contribution in [2.75, 3.05) is 0 Å². The van der Waals surface area contributed by atoms with Gasteiger partial charge in [0.15, 0.2) is 0 Å². The first-order valence-corrected chi connectivity index (χ1v) is 5.47. The van der Waals surface area contributed by atoms with Crippen LogP contribution in [0.1, 0.15) is 0 Å².